The van der Waals surface area contributed by atoms with Crippen molar-refractivity contribution in [3.63, 3.8) is 0 Å². The van der Waals surface area contributed by atoms with E-state index >= 15 is 0 Å². The van der Waals surface area contributed by atoms with Gasteiger partial charge in [-0.25, -0.2) is 4.98 Å². The van der Waals surface area contributed by atoms with Crippen molar-refractivity contribution >= 4 is 5.82 Å². The highest BCUT2D eigenvalue weighted by Gasteiger charge is 2.24. The number of anilines is 1. The van der Waals surface area contributed by atoms with Gasteiger partial charge in [0.15, 0.2) is 0 Å². The molecule has 1 heterocycles. The Balaban J connectivity index is 2.79. The number of nitrogens with one attached hydrogen (secondary N) is 1. The molecule has 2 rings (SSSR count). The molecule has 3 N–H and O–H groups in total. The number of benzene rings is 1. The van der Waals surface area contributed by atoms with E-state index in [-0.39, 0.29) is 0 Å². The van der Waals surface area contributed by atoms with E-state index < -0.39 is 0 Å². The smallest absolute Gasteiger partial charge is 0.289 e. The summed E-state index contributed by atoms with van der Waals surface area (Å²) in [7, 11) is 1.65. The van der Waals surface area contributed by atoms with Crippen molar-refractivity contribution in [1.29, 1.82) is 5.26 Å². The third kappa shape index (κ3) is 3.51. The Labute approximate surface area is 144 Å². The Hall–Kier alpha value is -2.54. The maximum absolute atomic E-state index is 9.69. The number of unbranched alkanes of at least 4 members (excludes halogenated alkanes) is 1. The van der Waals surface area contributed by atoms with Crippen LogP contribution in [0.1, 0.15) is 49.9 Å². The predicted octanol–water partition coefficient (Wildman–Crippen LogP) is 3.93. The number of methoxy groups -OCH3 is 1. The minimum absolute atomic E-state index is 0.435. The van der Waals surface area contributed by atoms with Crippen molar-refractivity contribution in [2.45, 2.75) is 46.0 Å². The number of H-pyrrole nitrogens is 1. The molecule has 0 spiro atoms. The number of aryl methyl sites for hydroxylation is 1. The van der Waals surface area contributed by atoms with Gasteiger partial charge in [-0.1, -0.05) is 44.9 Å². The second-order valence-corrected chi connectivity index (χ2v) is 5.91. The first-order valence-electron chi connectivity index (χ1n) is 8.57. The molecule has 0 bridgehead atoms. The molecule has 2 aromatic rings. The van der Waals surface area contributed by atoms with E-state index in [1.807, 2.05) is 24.3 Å². The van der Waals surface area contributed by atoms with Gasteiger partial charge in [-0.15, -0.1) is 0 Å². The van der Waals surface area contributed by atoms with Crippen LogP contribution in [0.2, 0.25) is 0 Å². The van der Waals surface area contributed by atoms with Crippen molar-refractivity contribution in [3.8, 4) is 22.9 Å². The Morgan fingerprint density at radius 1 is 1.17 bits per heavy atom. The zero-order valence-corrected chi connectivity index (χ0v) is 14.8. The van der Waals surface area contributed by atoms with Crippen LogP contribution in [0, 0.1) is 11.3 Å². The number of nitrogens with two attached hydrogens (primary N) is 1. The molecule has 0 atom stereocenters. The Morgan fingerprint density at radius 3 is 2.54 bits per heavy atom. The average Bonchev–Trinajstić information content (AvgIpc) is 2.61. The fourth-order valence-electron chi connectivity index (χ4n) is 3.09. The van der Waals surface area contributed by atoms with Gasteiger partial charge < -0.3 is 4.74 Å². The quantitative estimate of drug-likeness (QED) is 0.838. The molecule has 1 aromatic heterocycles. The van der Waals surface area contributed by atoms with Gasteiger partial charge in [0.2, 0.25) is 0 Å². The van der Waals surface area contributed by atoms with Crippen molar-refractivity contribution in [2.75, 3.05) is 12.8 Å². The van der Waals surface area contributed by atoms with E-state index in [2.05, 4.69) is 24.9 Å². The first-order chi connectivity index (χ1) is 11.7. The van der Waals surface area contributed by atoms with Crippen molar-refractivity contribution in [1.82, 2.24) is 0 Å². The molecule has 1 aromatic carbocycles. The summed E-state index contributed by atoms with van der Waals surface area (Å²) in [4.78, 5) is 3.28. The van der Waals surface area contributed by atoms with Gasteiger partial charge in [0.05, 0.1) is 7.11 Å². The molecule has 0 aliphatic carbocycles. The molecule has 4 nitrogen and oxygen atoms in total. The van der Waals surface area contributed by atoms with Crippen LogP contribution in [0.3, 0.4) is 0 Å². The van der Waals surface area contributed by atoms with E-state index in [9.17, 15) is 5.26 Å². The molecular weight excluding hydrogens is 298 g/mol. The maximum atomic E-state index is 9.69. The average molecular weight is 324 g/mol. The van der Waals surface area contributed by atoms with Crippen LogP contribution in [-0.2, 0) is 12.8 Å². The third-order valence-corrected chi connectivity index (χ3v) is 4.24. The topological polar surface area (TPSA) is 73.2 Å². The normalized spacial score (nSPS) is 10.4. The summed E-state index contributed by atoms with van der Waals surface area (Å²) in [5.41, 5.74) is 10.8. The number of nitriles is 1. The van der Waals surface area contributed by atoms with E-state index in [0.717, 1.165) is 54.7 Å². The van der Waals surface area contributed by atoms with Gasteiger partial charge in [0, 0.05) is 23.1 Å². The number of pyridine rings is 1. The summed E-state index contributed by atoms with van der Waals surface area (Å²) in [6.07, 6.45) is 5.04. The molecule has 0 aliphatic heterocycles. The molecule has 0 radical (unpaired) electrons. The largest absolute Gasteiger partial charge is 0.496 e. The fraction of sp³-hybridized carbons (Fsp3) is 0.400. The molecule has 4 heteroatoms. The highest BCUT2D eigenvalue weighted by Crippen LogP contribution is 2.37. The molecule has 24 heavy (non-hydrogen) atoms. The summed E-state index contributed by atoms with van der Waals surface area (Å²) in [6.45, 7) is 4.33. The van der Waals surface area contributed by atoms with Crippen LogP contribution >= 0.6 is 0 Å². The van der Waals surface area contributed by atoms with Gasteiger partial charge in [0.1, 0.15) is 23.1 Å². The number of aromatic amines is 1. The molecule has 0 saturated carbocycles. The SMILES string of the molecule is CCCCc1[nH+]c(N)c(C#N)c(-c2ccccc2OC)c1CCC. The second kappa shape index (κ2) is 8.35. The molecule has 0 fully saturated rings. The molecular formula is C20H26N3O+. The second-order valence-electron chi connectivity index (χ2n) is 5.91. The monoisotopic (exact) mass is 324 g/mol. The van der Waals surface area contributed by atoms with Gasteiger partial charge >= 0.3 is 0 Å². The lowest BCUT2D eigenvalue weighted by molar-refractivity contribution is -0.374. The number of hydrogen-bond acceptors (Lipinski definition) is 3. The van der Waals surface area contributed by atoms with Crippen LogP contribution in [0.4, 0.5) is 5.82 Å². The number of hydrogen-bond donors (Lipinski definition) is 1. The van der Waals surface area contributed by atoms with Crippen LogP contribution < -0.4 is 15.5 Å². The Kier molecular flexibility index (Phi) is 6.20. The summed E-state index contributed by atoms with van der Waals surface area (Å²) in [5, 5.41) is 9.69. The molecule has 126 valence electrons. The van der Waals surface area contributed by atoms with Crippen molar-refractivity contribution in [2.24, 2.45) is 0 Å². The number of ether oxygens (including phenoxy) is 1. The van der Waals surface area contributed by atoms with Crippen LogP contribution in [0.25, 0.3) is 11.1 Å². The van der Waals surface area contributed by atoms with Crippen molar-refractivity contribution in [3.05, 3.63) is 41.1 Å². The van der Waals surface area contributed by atoms with Crippen LogP contribution in [-0.4, -0.2) is 7.11 Å². The standard InChI is InChI=1S/C20H25N3O/c1-4-6-11-17-14(9-5-2)19(16(13-21)20(22)23-17)15-10-7-8-12-18(15)24-3/h7-8,10,12H,4-6,9,11H2,1-3H3,(H2,22,23)/p+1. The minimum atomic E-state index is 0.435. The molecule has 0 saturated heterocycles. The lowest BCUT2D eigenvalue weighted by Gasteiger charge is -2.16. The minimum Gasteiger partial charge on any atom is -0.496 e. The first-order valence-corrected chi connectivity index (χ1v) is 8.57. The number of nitrogens with zero attached hydrogens (tertiary/aromatic N) is 1. The van der Waals surface area contributed by atoms with E-state index in [1.165, 1.54) is 5.56 Å². The zero-order valence-electron chi connectivity index (χ0n) is 14.8. The van der Waals surface area contributed by atoms with Gasteiger partial charge in [-0.3, -0.25) is 5.73 Å². The number of nitrogen functional groups attached to an aromatic ring is 1. The fourth-order valence-corrected chi connectivity index (χ4v) is 3.09. The van der Waals surface area contributed by atoms with Crippen LogP contribution in [0.5, 0.6) is 5.75 Å². The third-order valence-electron chi connectivity index (χ3n) is 4.24. The Morgan fingerprint density at radius 2 is 1.92 bits per heavy atom. The molecule has 0 unspecified atom stereocenters. The highest BCUT2D eigenvalue weighted by molar-refractivity contribution is 5.81. The van der Waals surface area contributed by atoms with Crippen molar-refractivity contribution < 1.29 is 9.72 Å². The van der Waals surface area contributed by atoms with E-state index in [0.29, 0.717) is 11.4 Å². The van der Waals surface area contributed by atoms with E-state index in [4.69, 9.17) is 10.5 Å². The molecule has 0 aliphatic rings. The van der Waals surface area contributed by atoms with Gasteiger partial charge in [-0.2, -0.15) is 5.26 Å². The van der Waals surface area contributed by atoms with E-state index in [1.54, 1.807) is 7.11 Å². The van der Waals surface area contributed by atoms with Gasteiger partial charge in [-0.05, 0) is 18.9 Å². The summed E-state index contributed by atoms with van der Waals surface area (Å²) < 4.78 is 5.53. The number of rotatable bonds is 7. The lowest BCUT2D eigenvalue weighted by Crippen LogP contribution is -2.22. The predicted molar refractivity (Wildman–Crippen MR) is 96.7 cm³/mol. The summed E-state index contributed by atoms with van der Waals surface area (Å²) in [6, 6.07) is 10.1. The summed E-state index contributed by atoms with van der Waals surface area (Å²) in [5.74, 6) is 1.20. The maximum Gasteiger partial charge on any atom is 0.289 e. The lowest BCUT2D eigenvalue weighted by atomic mass is 9.90. The highest BCUT2D eigenvalue weighted by atomic mass is 16.5. The molecule has 0 amide bonds. The van der Waals surface area contributed by atoms with Crippen LogP contribution in [0.15, 0.2) is 24.3 Å². The number of para-hydroxylation sites is 1. The first kappa shape index (κ1) is 17.8. The van der Waals surface area contributed by atoms with Gasteiger partial charge in [0.25, 0.3) is 5.82 Å². The zero-order chi connectivity index (χ0) is 17.5. The number of aromatic nitrogens is 1. The Bertz CT molecular complexity index is 747. The summed E-state index contributed by atoms with van der Waals surface area (Å²) >= 11 is 0.